The average molecular weight is 466 g/mol. The molecule has 4 rings (SSSR count). The molecule has 1 aliphatic rings. The number of rotatable bonds is 6. The fourth-order valence-electron chi connectivity index (χ4n) is 4.29. The first kappa shape index (κ1) is 23.1. The van der Waals surface area contributed by atoms with E-state index in [9.17, 15) is 9.59 Å². The van der Waals surface area contributed by atoms with Crippen LogP contribution in [0.1, 0.15) is 59.9 Å². The third-order valence-corrected chi connectivity index (χ3v) is 6.39. The van der Waals surface area contributed by atoms with Crippen LogP contribution in [0.4, 0.5) is 0 Å². The van der Waals surface area contributed by atoms with E-state index in [-0.39, 0.29) is 18.2 Å². The monoisotopic (exact) mass is 465 g/mol. The molecule has 1 saturated carbocycles. The van der Waals surface area contributed by atoms with E-state index in [4.69, 9.17) is 16.3 Å². The van der Waals surface area contributed by atoms with E-state index in [1.54, 1.807) is 29.8 Å². The average Bonchev–Trinajstić information content (AvgIpc) is 3.30. The number of esters is 1. The largest absolute Gasteiger partial charge is 0.461 e. The van der Waals surface area contributed by atoms with Gasteiger partial charge in [-0.2, -0.15) is 5.10 Å². The molecule has 0 saturated heterocycles. The quantitative estimate of drug-likeness (QED) is 0.433. The fourth-order valence-corrected chi connectivity index (χ4v) is 4.42. The number of hydrogen-bond donors (Lipinski definition) is 0. The highest BCUT2D eigenvalue weighted by Gasteiger charge is 2.23. The maximum Gasteiger partial charge on any atom is 0.358 e. The summed E-state index contributed by atoms with van der Waals surface area (Å²) in [4.78, 5) is 27.2. The van der Waals surface area contributed by atoms with Crippen molar-refractivity contribution in [3.05, 3.63) is 70.9 Å². The number of carbonyl (C=O) groups is 2. The Morgan fingerprint density at radius 1 is 1.06 bits per heavy atom. The topological polar surface area (TPSA) is 64.4 Å². The number of nitrogens with zero attached hydrogens (tertiary/aromatic N) is 3. The van der Waals surface area contributed by atoms with Crippen molar-refractivity contribution in [2.45, 2.75) is 45.1 Å². The molecule has 0 radical (unpaired) electrons. The van der Waals surface area contributed by atoms with Crippen molar-refractivity contribution in [2.24, 2.45) is 0 Å². The SMILES string of the molecule is CCOC(=O)c1cc(-c2ccc(Cl)cc2)n(-c2ccc(C(=O)N(C)C3CCCCC3)cc2)n1. The van der Waals surface area contributed by atoms with E-state index < -0.39 is 5.97 Å². The van der Waals surface area contributed by atoms with Crippen LogP contribution in [0.2, 0.25) is 5.02 Å². The molecule has 1 fully saturated rings. The number of aromatic nitrogens is 2. The number of amides is 1. The molecule has 0 atom stereocenters. The van der Waals surface area contributed by atoms with Crippen molar-refractivity contribution in [2.75, 3.05) is 13.7 Å². The van der Waals surface area contributed by atoms with Gasteiger partial charge in [-0.1, -0.05) is 43.0 Å². The molecule has 3 aromatic rings. The Morgan fingerprint density at radius 3 is 2.36 bits per heavy atom. The molecule has 2 aromatic carbocycles. The summed E-state index contributed by atoms with van der Waals surface area (Å²) in [6.07, 6.45) is 5.73. The van der Waals surface area contributed by atoms with Crippen LogP contribution in [0.3, 0.4) is 0 Å². The number of carbonyl (C=O) groups excluding carboxylic acids is 2. The van der Waals surface area contributed by atoms with E-state index in [2.05, 4.69) is 5.10 Å². The molecule has 0 unspecified atom stereocenters. The number of hydrogen-bond acceptors (Lipinski definition) is 4. The first-order chi connectivity index (χ1) is 16.0. The highest BCUT2D eigenvalue weighted by molar-refractivity contribution is 6.30. The minimum Gasteiger partial charge on any atom is -0.461 e. The van der Waals surface area contributed by atoms with Gasteiger partial charge in [0.15, 0.2) is 5.69 Å². The van der Waals surface area contributed by atoms with Crippen LogP contribution in [0, 0.1) is 0 Å². The minimum absolute atomic E-state index is 0.0269. The third-order valence-electron chi connectivity index (χ3n) is 6.14. The van der Waals surface area contributed by atoms with Gasteiger partial charge in [-0.05, 0) is 62.2 Å². The van der Waals surface area contributed by atoms with Crippen LogP contribution in [0.15, 0.2) is 54.6 Å². The first-order valence-corrected chi connectivity index (χ1v) is 11.8. The van der Waals surface area contributed by atoms with E-state index >= 15 is 0 Å². The van der Waals surface area contributed by atoms with E-state index in [1.165, 1.54) is 19.3 Å². The number of ether oxygens (including phenoxy) is 1. The summed E-state index contributed by atoms with van der Waals surface area (Å²) in [6.45, 7) is 2.03. The van der Waals surface area contributed by atoms with Crippen molar-refractivity contribution < 1.29 is 14.3 Å². The number of halogens is 1. The first-order valence-electron chi connectivity index (χ1n) is 11.4. The van der Waals surface area contributed by atoms with Gasteiger partial charge in [0.05, 0.1) is 18.0 Å². The zero-order valence-electron chi connectivity index (χ0n) is 19.0. The standard InChI is InChI=1S/C26H28ClN3O3/c1-3-33-26(32)23-17-24(18-9-13-20(27)14-10-18)30(28-23)22-15-11-19(12-16-22)25(31)29(2)21-7-5-4-6-8-21/h9-17,21H,3-8H2,1-2H3. The maximum absolute atomic E-state index is 13.0. The molecule has 33 heavy (non-hydrogen) atoms. The lowest BCUT2D eigenvalue weighted by molar-refractivity contribution is 0.0518. The van der Waals surface area contributed by atoms with Crippen molar-refractivity contribution in [3.63, 3.8) is 0 Å². The molecule has 0 N–H and O–H groups in total. The molecular weight excluding hydrogens is 438 g/mol. The zero-order valence-corrected chi connectivity index (χ0v) is 19.7. The smallest absolute Gasteiger partial charge is 0.358 e. The Morgan fingerprint density at radius 2 is 1.73 bits per heavy atom. The predicted molar refractivity (Wildman–Crippen MR) is 129 cm³/mol. The van der Waals surface area contributed by atoms with Crippen molar-refractivity contribution in [1.82, 2.24) is 14.7 Å². The van der Waals surface area contributed by atoms with E-state index in [0.29, 0.717) is 16.6 Å². The van der Waals surface area contributed by atoms with Crippen molar-refractivity contribution >= 4 is 23.5 Å². The second-order valence-corrected chi connectivity index (χ2v) is 8.75. The summed E-state index contributed by atoms with van der Waals surface area (Å²) >= 11 is 6.05. The van der Waals surface area contributed by atoms with Gasteiger partial charge in [0, 0.05) is 29.2 Å². The lowest BCUT2D eigenvalue weighted by Crippen LogP contribution is -2.38. The van der Waals surface area contributed by atoms with Crippen molar-refractivity contribution in [3.8, 4) is 16.9 Å². The van der Waals surface area contributed by atoms with Crippen LogP contribution < -0.4 is 0 Å². The Kier molecular flexibility index (Phi) is 7.14. The summed E-state index contributed by atoms with van der Waals surface area (Å²) in [5, 5.41) is 5.12. The summed E-state index contributed by atoms with van der Waals surface area (Å²) < 4.78 is 6.82. The van der Waals surface area contributed by atoms with Crippen LogP contribution in [-0.4, -0.2) is 46.3 Å². The van der Waals surface area contributed by atoms with Crippen LogP contribution in [-0.2, 0) is 4.74 Å². The molecule has 1 heterocycles. The Bertz CT molecular complexity index is 1120. The normalized spacial score (nSPS) is 14.2. The molecule has 6 nitrogen and oxygen atoms in total. The maximum atomic E-state index is 13.0. The highest BCUT2D eigenvalue weighted by Crippen LogP contribution is 2.27. The summed E-state index contributed by atoms with van der Waals surface area (Å²) in [7, 11) is 1.89. The molecule has 1 aromatic heterocycles. The van der Waals surface area contributed by atoms with Gasteiger partial charge in [0.25, 0.3) is 5.91 Å². The summed E-state index contributed by atoms with van der Waals surface area (Å²) in [6, 6.07) is 16.7. The minimum atomic E-state index is -0.479. The fraction of sp³-hybridized carbons (Fsp3) is 0.346. The van der Waals surface area contributed by atoms with Gasteiger partial charge in [0.1, 0.15) is 0 Å². The molecule has 172 valence electrons. The lowest BCUT2D eigenvalue weighted by Gasteiger charge is -2.31. The summed E-state index contributed by atoms with van der Waals surface area (Å²) in [5.41, 5.74) is 3.19. The van der Waals surface area contributed by atoms with Crippen LogP contribution in [0.5, 0.6) is 0 Å². The zero-order chi connectivity index (χ0) is 23.4. The Hall–Kier alpha value is -3.12. The molecule has 0 bridgehead atoms. The van der Waals surface area contributed by atoms with Gasteiger partial charge < -0.3 is 9.64 Å². The molecule has 1 amide bonds. The molecule has 1 aliphatic carbocycles. The van der Waals surface area contributed by atoms with E-state index in [1.807, 2.05) is 48.3 Å². The van der Waals surface area contributed by atoms with E-state index in [0.717, 1.165) is 29.8 Å². The van der Waals surface area contributed by atoms with Crippen LogP contribution in [0.25, 0.3) is 16.9 Å². The molecule has 0 aliphatic heterocycles. The van der Waals surface area contributed by atoms with Gasteiger partial charge in [-0.3, -0.25) is 4.79 Å². The lowest BCUT2D eigenvalue weighted by atomic mass is 9.94. The van der Waals surface area contributed by atoms with Gasteiger partial charge in [-0.25, -0.2) is 9.48 Å². The number of benzene rings is 2. The van der Waals surface area contributed by atoms with Crippen molar-refractivity contribution in [1.29, 1.82) is 0 Å². The summed E-state index contributed by atoms with van der Waals surface area (Å²) in [5.74, 6) is -0.452. The predicted octanol–water partition coefficient (Wildman–Crippen LogP) is 5.77. The third kappa shape index (κ3) is 5.11. The molecule has 0 spiro atoms. The van der Waals surface area contributed by atoms with Gasteiger partial charge in [0.2, 0.25) is 0 Å². The van der Waals surface area contributed by atoms with Gasteiger partial charge >= 0.3 is 5.97 Å². The Labute approximate surface area is 199 Å². The molecule has 7 heteroatoms. The highest BCUT2D eigenvalue weighted by atomic mass is 35.5. The van der Waals surface area contributed by atoms with Crippen LogP contribution >= 0.6 is 11.6 Å². The Balaban J connectivity index is 1.64. The second-order valence-electron chi connectivity index (χ2n) is 8.31. The van der Waals surface area contributed by atoms with Gasteiger partial charge in [-0.15, -0.1) is 0 Å². The second kappa shape index (κ2) is 10.2. The molecular formula is C26H28ClN3O3.